The predicted octanol–water partition coefficient (Wildman–Crippen LogP) is 2.84. The molecule has 2 nitrogen and oxygen atoms in total. The average molecular weight is 220 g/mol. The van der Waals surface area contributed by atoms with Crippen molar-refractivity contribution in [2.24, 2.45) is 5.41 Å². The molecule has 0 aromatic heterocycles. The summed E-state index contributed by atoms with van der Waals surface area (Å²) in [6.45, 7) is 8.46. The van der Waals surface area contributed by atoms with E-state index in [2.05, 4.69) is 20.8 Å². The number of aryl methyl sites for hydroxylation is 1. The maximum Gasteiger partial charge on any atom is 0.115 e. The Hall–Kier alpha value is -0.860. The van der Waals surface area contributed by atoms with Gasteiger partial charge in [0.2, 0.25) is 0 Å². The van der Waals surface area contributed by atoms with Crippen LogP contribution in [0.2, 0.25) is 0 Å². The molecule has 1 aromatic rings. The van der Waals surface area contributed by atoms with Gasteiger partial charge in [-0.25, -0.2) is 0 Å². The SMILES string of the molecule is Cc1ccc([C@@H](O)[C@@H]2O[C@H]2C(C)(C)C)cc1. The molecule has 2 heteroatoms. The van der Waals surface area contributed by atoms with Crippen LogP contribution in [0.5, 0.6) is 0 Å². The van der Waals surface area contributed by atoms with E-state index in [0.29, 0.717) is 0 Å². The lowest BCUT2D eigenvalue weighted by Crippen LogP contribution is -2.19. The fourth-order valence-corrected chi connectivity index (χ4v) is 2.01. The van der Waals surface area contributed by atoms with Crippen LogP contribution in [0, 0.1) is 12.3 Å². The third-order valence-electron chi connectivity index (χ3n) is 3.11. The molecule has 1 saturated heterocycles. The minimum atomic E-state index is -0.496. The highest BCUT2D eigenvalue weighted by Gasteiger charge is 2.51. The monoisotopic (exact) mass is 220 g/mol. The van der Waals surface area contributed by atoms with Crippen LogP contribution in [0.15, 0.2) is 24.3 Å². The minimum absolute atomic E-state index is 0.0392. The Balaban J connectivity index is 2.05. The summed E-state index contributed by atoms with van der Waals surface area (Å²) in [4.78, 5) is 0. The maximum absolute atomic E-state index is 10.2. The highest BCUT2D eigenvalue weighted by atomic mass is 16.6. The fraction of sp³-hybridized carbons (Fsp3) is 0.571. The molecule has 0 radical (unpaired) electrons. The van der Waals surface area contributed by atoms with Gasteiger partial charge in [-0.15, -0.1) is 0 Å². The number of hydrogen-bond acceptors (Lipinski definition) is 2. The molecule has 1 N–H and O–H groups in total. The number of ether oxygens (including phenoxy) is 1. The van der Waals surface area contributed by atoms with E-state index in [1.165, 1.54) is 5.56 Å². The first kappa shape index (κ1) is 11.6. The van der Waals surface area contributed by atoms with Gasteiger partial charge in [0.1, 0.15) is 12.2 Å². The summed E-state index contributed by atoms with van der Waals surface area (Å²) in [5, 5.41) is 10.2. The van der Waals surface area contributed by atoms with Gasteiger partial charge in [-0.3, -0.25) is 0 Å². The topological polar surface area (TPSA) is 32.8 Å². The smallest absolute Gasteiger partial charge is 0.115 e. The van der Waals surface area contributed by atoms with Crippen LogP contribution in [-0.4, -0.2) is 17.3 Å². The van der Waals surface area contributed by atoms with Gasteiger partial charge in [0.05, 0.1) is 6.10 Å². The summed E-state index contributed by atoms with van der Waals surface area (Å²) >= 11 is 0. The van der Waals surface area contributed by atoms with Crippen molar-refractivity contribution in [2.45, 2.75) is 46.0 Å². The lowest BCUT2D eigenvalue weighted by atomic mass is 9.88. The number of aliphatic hydroxyl groups excluding tert-OH is 1. The highest BCUT2D eigenvalue weighted by molar-refractivity contribution is 5.25. The molecular weight excluding hydrogens is 200 g/mol. The number of epoxide rings is 1. The summed E-state index contributed by atoms with van der Waals surface area (Å²) in [5.41, 5.74) is 2.26. The summed E-state index contributed by atoms with van der Waals surface area (Å²) in [6.07, 6.45) is -0.365. The molecule has 0 aliphatic carbocycles. The Morgan fingerprint density at radius 2 is 1.75 bits per heavy atom. The first-order chi connectivity index (χ1) is 7.39. The van der Waals surface area contributed by atoms with Crippen molar-refractivity contribution in [3.8, 4) is 0 Å². The molecule has 0 unspecified atom stereocenters. The van der Waals surface area contributed by atoms with Crippen molar-refractivity contribution in [3.63, 3.8) is 0 Å². The van der Waals surface area contributed by atoms with E-state index >= 15 is 0 Å². The van der Waals surface area contributed by atoms with Crippen molar-refractivity contribution in [3.05, 3.63) is 35.4 Å². The van der Waals surface area contributed by atoms with Crippen LogP contribution in [-0.2, 0) is 4.74 Å². The van der Waals surface area contributed by atoms with E-state index in [-0.39, 0.29) is 17.6 Å². The standard InChI is InChI=1S/C14H20O2/c1-9-5-7-10(8-6-9)11(15)12-13(16-12)14(2,3)4/h5-8,11-13,15H,1-4H3/t11-,12+,13-/m1/s1. The molecule has 2 rings (SSSR count). The van der Waals surface area contributed by atoms with E-state index in [9.17, 15) is 5.11 Å². The van der Waals surface area contributed by atoms with Gasteiger partial charge in [0.25, 0.3) is 0 Å². The van der Waals surface area contributed by atoms with Crippen LogP contribution in [0.1, 0.15) is 38.0 Å². The zero-order valence-electron chi connectivity index (χ0n) is 10.4. The van der Waals surface area contributed by atoms with Crippen molar-refractivity contribution in [2.75, 3.05) is 0 Å². The van der Waals surface area contributed by atoms with Crippen LogP contribution < -0.4 is 0 Å². The van der Waals surface area contributed by atoms with Crippen LogP contribution in [0.4, 0.5) is 0 Å². The van der Waals surface area contributed by atoms with Gasteiger partial charge in [-0.05, 0) is 17.9 Å². The minimum Gasteiger partial charge on any atom is -0.386 e. The molecule has 1 aliphatic rings. The van der Waals surface area contributed by atoms with Crippen molar-refractivity contribution in [1.82, 2.24) is 0 Å². The predicted molar refractivity (Wildman–Crippen MR) is 64.3 cm³/mol. The number of benzene rings is 1. The van der Waals surface area contributed by atoms with E-state index < -0.39 is 6.10 Å². The van der Waals surface area contributed by atoms with Crippen molar-refractivity contribution in [1.29, 1.82) is 0 Å². The van der Waals surface area contributed by atoms with Gasteiger partial charge in [-0.2, -0.15) is 0 Å². The van der Waals surface area contributed by atoms with Gasteiger partial charge in [0.15, 0.2) is 0 Å². The first-order valence-corrected chi connectivity index (χ1v) is 5.79. The zero-order chi connectivity index (χ0) is 11.9. The quantitative estimate of drug-likeness (QED) is 0.777. The zero-order valence-corrected chi connectivity index (χ0v) is 10.4. The summed E-state index contributed by atoms with van der Waals surface area (Å²) in [7, 11) is 0. The molecule has 0 spiro atoms. The second-order valence-electron chi connectivity index (χ2n) is 5.74. The first-order valence-electron chi connectivity index (χ1n) is 5.79. The molecule has 88 valence electrons. The van der Waals surface area contributed by atoms with Gasteiger partial charge >= 0.3 is 0 Å². The molecular formula is C14H20O2. The number of hydrogen-bond donors (Lipinski definition) is 1. The van der Waals surface area contributed by atoms with Crippen LogP contribution in [0.25, 0.3) is 0 Å². The highest BCUT2D eigenvalue weighted by Crippen LogP contribution is 2.44. The fourth-order valence-electron chi connectivity index (χ4n) is 2.01. The molecule has 1 aliphatic heterocycles. The second-order valence-corrected chi connectivity index (χ2v) is 5.74. The average Bonchev–Trinajstić information content (AvgIpc) is 2.96. The summed E-state index contributed by atoms with van der Waals surface area (Å²) in [6, 6.07) is 7.99. The van der Waals surface area contributed by atoms with E-state index in [4.69, 9.17) is 4.74 Å². The Morgan fingerprint density at radius 3 is 2.19 bits per heavy atom. The van der Waals surface area contributed by atoms with E-state index in [1.54, 1.807) is 0 Å². The summed E-state index contributed by atoms with van der Waals surface area (Å²) < 4.78 is 5.58. The lowest BCUT2D eigenvalue weighted by molar-refractivity contribution is 0.136. The van der Waals surface area contributed by atoms with Gasteiger partial charge in [0, 0.05) is 0 Å². The maximum atomic E-state index is 10.2. The van der Waals surface area contributed by atoms with Crippen LogP contribution in [0.3, 0.4) is 0 Å². The molecule has 0 bridgehead atoms. The third-order valence-corrected chi connectivity index (χ3v) is 3.11. The molecule has 16 heavy (non-hydrogen) atoms. The Morgan fingerprint density at radius 1 is 1.19 bits per heavy atom. The lowest BCUT2D eigenvalue weighted by Gasteiger charge is -2.16. The van der Waals surface area contributed by atoms with Crippen molar-refractivity contribution >= 4 is 0 Å². The van der Waals surface area contributed by atoms with Gasteiger partial charge in [-0.1, -0.05) is 50.6 Å². The van der Waals surface area contributed by atoms with Crippen molar-refractivity contribution < 1.29 is 9.84 Å². The Bertz CT molecular complexity index is 361. The second kappa shape index (κ2) is 3.86. The number of rotatable bonds is 2. The van der Waals surface area contributed by atoms with Gasteiger partial charge < -0.3 is 9.84 Å². The van der Waals surface area contributed by atoms with E-state index in [1.807, 2.05) is 31.2 Å². The number of aliphatic hydroxyl groups is 1. The summed E-state index contributed by atoms with van der Waals surface area (Å²) in [5.74, 6) is 0. The Kier molecular flexibility index (Phi) is 2.81. The molecule has 1 heterocycles. The molecule has 0 saturated carbocycles. The van der Waals surface area contributed by atoms with E-state index in [0.717, 1.165) is 5.56 Å². The van der Waals surface area contributed by atoms with Crippen LogP contribution >= 0.6 is 0 Å². The molecule has 1 aromatic carbocycles. The largest absolute Gasteiger partial charge is 0.386 e. The normalized spacial score (nSPS) is 26.6. The molecule has 1 fully saturated rings. The molecule has 0 amide bonds. The molecule has 3 atom stereocenters. The third kappa shape index (κ3) is 2.28. The Labute approximate surface area is 97.3 Å².